The lowest BCUT2D eigenvalue weighted by Crippen LogP contribution is -2.48. The lowest BCUT2D eigenvalue weighted by atomic mass is 9.94. The van der Waals surface area contributed by atoms with E-state index in [-0.39, 0.29) is 18.4 Å². The third-order valence-electron chi connectivity index (χ3n) is 4.31. The Hall–Kier alpha value is -1.10. The summed E-state index contributed by atoms with van der Waals surface area (Å²) in [5.74, 6) is 0.238. The Morgan fingerprint density at radius 3 is 2.24 bits per heavy atom. The maximum absolute atomic E-state index is 12.3. The van der Waals surface area contributed by atoms with E-state index in [4.69, 9.17) is 5.73 Å². The van der Waals surface area contributed by atoms with Crippen LogP contribution in [0.4, 0.5) is 0 Å². The van der Waals surface area contributed by atoms with Gasteiger partial charge in [-0.05, 0) is 25.2 Å². The molecule has 2 N–H and O–H groups in total. The molecule has 1 atom stereocenters. The maximum Gasteiger partial charge on any atom is 0.242 e. The van der Waals surface area contributed by atoms with Gasteiger partial charge in [0.1, 0.15) is 0 Å². The number of likely N-dealkylation sites (N-methyl/N-ethyl adjacent to an activating group) is 2. The van der Waals surface area contributed by atoms with Crippen LogP contribution in [0.2, 0.25) is 0 Å². The Balaban J connectivity index is 2.46. The van der Waals surface area contributed by atoms with Crippen LogP contribution in [0.5, 0.6) is 0 Å². The molecule has 1 aliphatic carbocycles. The van der Waals surface area contributed by atoms with Crippen molar-refractivity contribution in [2.75, 3.05) is 20.6 Å². The molecule has 1 saturated carbocycles. The largest absolute Gasteiger partial charge is 0.341 e. The topological polar surface area (TPSA) is 66.6 Å². The summed E-state index contributed by atoms with van der Waals surface area (Å²) in [5.41, 5.74) is 5.90. The zero-order valence-electron chi connectivity index (χ0n) is 14.0. The molecule has 0 heterocycles. The van der Waals surface area contributed by atoms with Gasteiger partial charge in [0.2, 0.25) is 11.8 Å². The molecule has 1 aliphatic rings. The van der Waals surface area contributed by atoms with Crippen LogP contribution in [0.3, 0.4) is 0 Å². The molecule has 0 radical (unpaired) electrons. The van der Waals surface area contributed by atoms with Crippen molar-refractivity contribution in [2.24, 2.45) is 11.7 Å². The van der Waals surface area contributed by atoms with Crippen LogP contribution < -0.4 is 5.73 Å². The van der Waals surface area contributed by atoms with Gasteiger partial charge in [-0.1, -0.05) is 33.1 Å². The minimum absolute atomic E-state index is 0.00879. The summed E-state index contributed by atoms with van der Waals surface area (Å²) in [7, 11) is 3.51. The molecule has 1 rings (SSSR count). The lowest BCUT2D eigenvalue weighted by molar-refractivity contribution is -0.141. The molecular weight excluding hydrogens is 266 g/mol. The van der Waals surface area contributed by atoms with Gasteiger partial charge in [-0.2, -0.15) is 0 Å². The monoisotopic (exact) mass is 297 g/mol. The quantitative estimate of drug-likeness (QED) is 0.810. The highest BCUT2D eigenvalue weighted by Gasteiger charge is 2.25. The van der Waals surface area contributed by atoms with Gasteiger partial charge in [-0.25, -0.2) is 0 Å². The average molecular weight is 297 g/mol. The molecule has 0 aromatic carbocycles. The van der Waals surface area contributed by atoms with E-state index in [0.29, 0.717) is 18.4 Å². The molecule has 5 nitrogen and oxygen atoms in total. The molecule has 0 unspecified atom stereocenters. The van der Waals surface area contributed by atoms with Crippen molar-refractivity contribution in [3.05, 3.63) is 0 Å². The first-order chi connectivity index (χ1) is 9.82. The lowest BCUT2D eigenvalue weighted by Gasteiger charge is -2.32. The number of rotatable bonds is 6. The van der Waals surface area contributed by atoms with Crippen LogP contribution in [0.15, 0.2) is 0 Å². The van der Waals surface area contributed by atoms with Crippen molar-refractivity contribution >= 4 is 11.8 Å². The number of hydrogen-bond acceptors (Lipinski definition) is 3. The summed E-state index contributed by atoms with van der Waals surface area (Å²) in [6.45, 7) is 4.20. The number of nitrogens with two attached hydrogens (primary N) is 1. The Morgan fingerprint density at radius 2 is 1.71 bits per heavy atom. The van der Waals surface area contributed by atoms with Crippen LogP contribution in [-0.2, 0) is 9.59 Å². The van der Waals surface area contributed by atoms with Crippen molar-refractivity contribution < 1.29 is 9.59 Å². The van der Waals surface area contributed by atoms with Crippen molar-refractivity contribution in [3.63, 3.8) is 0 Å². The molecule has 122 valence electrons. The number of carbonyl (C=O) groups excluding carboxylic acids is 2. The Labute approximate surface area is 128 Å². The number of hydrogen-bond donors (Lipinski definition) is 1. The smallest absolute Gasteiger partial charge is 0.242 e. The predicted octanol–water partition coefficient (Wildman–Crippen LogP) is 1.61. The van der Waals surface area contributed by atoms with Gasteiger partial charge in [0, 0.05) is 20.1 Å². The van der Waals surface area contributed by atoms with Gasteiger partial charge in [0.15, 0.2) is 0 Å². The summed E-state index contributed by atoms with van der Waals surface area (Å²) in [6, 6.07) is -0.179. The van der Waals surface area contributed by atoms with Crippen LogP contribution in [0, 0.1) is 5.92 Å². The molecule has 0 saturated heterocycles. The van der Waals surface area contributed by atoms with Gasteiger partial charge in [-0.3, -0.25) is 9.59 Å². The van der Waals surface area contributed by atoms with E-state index in [9.17, 15) is 9.59 Å². The van der Waals surface area contributed by atoms with Crippen molar-refractivity contribution in [3.8, 4) is 0 Å². The summed E-state index contributed by atoms with van der Waals surface area (Å²) < 4.78 is 0. The minimum Gasteiger partial charge on any atom is -0.341 e. The zero-order chi connectivity index (χ0) is 16.0. The normalized spacial score (nSPS) is 17.6. The van der Waals surface area contributed by atoms with Crippen LogP contribution in [0.25, 0.3) is 0 Å². The highest BCUT2D eigenvalue weighted by molar-refractivity contribution is 5.87. The molecule has 0 aliphatic heterocycles. The Kier molecular flexibility index (Phi) is 7.15. The van der Waals surface area contributed by atoms with Gasteiger partial charge < -0.3 is 15.5 Å². The summed E-state index contributed by atoms with van der Waals surface area (Å²) >= 11 is 0. The summed E-state index contributed by atoms with van der Waals surface area (Å²) in [6.07, 6.45) is 6.45. The molecule has 0 bridgehead atoms. The average Bonchev–Trinajstić information content (AvgIpc) is 2.45. The third kappa shape index (κ3) is 5.65. The van der Waals surface area contributed by atoms with Crippen molar-refractivity contribution in [1.29, 1.82) is 0 Å². The first-order valence-corrected chi connectivity index (χ1v) is 8.09. The second-order valence-electron chi connectivity index (χ2n) is 6.73. The fraction of sp³-hybridized carbons (Fsp3) is 0.875. The second-order valence-corrected chi connectivity index (χ2v) is 6.73. The number of carbonyl (C=O) groups is 2. The summed E-state index contributed by atoms with van der Waals surface area (Å²) in [5, 5.41) is 0. The van der Waals surface area contributed by atoms with Gasteiger partial charge in [0.05, 0.1) is 12.6 Å². The van der Waals surface area contributed by atoms with E-state index in [1.807, 2.05) is 25.8 Å². The van der Waals surface area contributed by atoms with Crippen LogP contribution >= 0.6 is 0 Å². The zero-order valence-corrected chi connectivity index (χ0v) is 14.0. The molecule has 0 aromatic heterocycles. The molecular formula is C16H31N3O2. The van der Waals surface area contributed by atoms with E-state index in [0.717, 1.165) is 12.8 Å². The fourth-order valence-corrected chi connectivity index (χ4v) is 2.96. The van der Waals surface area contributed by atoms with Gasteiger partial charge >= 0.3 is 0 Å². The molecule has 1 fully saturated rings. The van der Waals surface area contributed by atoms with Crippen LogP contribution in [0.1, 0.15) is 52.4 Å². The molecule has 2 amide bonds. The fourth-order valence-electron chi connectivity index (χ4n) is 2.96. The Bertz CT molecular complexity index is 351. The summed E-state index contributed by atoms with van der Waals surface area (Å²) in [4.78, 5) is 27.7. The van der Waals surface area contributed by atoms with Gasteiger partial charge in [0.25, 0.3) is 0 Å². The highest BCUT2D eigenvalue weighted by Crippen LogP contribution is 2.21. The van der Waals surface area contributed by atoms with E-state index in [1.165, 1.54) is 24.2 Å². The Morgan fingerprint density at radius 1 is 1.14 bits per heavy atom. The van der Waals surface area contributed by atoms with E-state index >= 15 is 0 Å². The van der Waals surface area contributed by atoms with Crippen molar-refractivity contribution in [1.82, 2.24) is 9.80 Å². The standard InChI is InChI=1S/C16H31N3O2/c1-12(2)10-14(17)16(21)18(3)11-15(20)19(4)13-8-6-5-7-9-13/h12-14H,5-11,17H2,1-4H3/t14-/m1/s1. The van der Waals surface area contributed by atoms with E-state index in [2.05, 4.69) is 0 Å². The second kappa shape index (κ2) is 8.37. The molecule has 0 spiro atoms. The SMILES string of the molecule is CC(C)C[C@@H](N)C(=O)N(C)CC(=O)N(C)C1CCCCC1. The van der Waals surface area contributed by atoms with Gasteiger partial charge in [-0.15, -0.1) is 0 Å². The van der Waals surface area contributed by atoms with E-state index < -0.39 is 6.04 Å². The van der Waals surface area contributed by atoms with Crippen molar-refractivity contribution in [2.45, 2.75) is 64.5 Å². The van der Waals surface area contributed by atoms with Crippen LogP contribution in [-0.4, -0.2) is 54.3 Å². The molecule has 0 aromatic rings. The first-order valence-electron chi connectivity index (χ1n) is 8.09. The predicted molar refractivity (Wildman–Crippen MR) is 84.7 cm³/mol. The third-order valence-corrected chi connectivity index (χ3v) is 4.31. The van der Waals surface area contributed by atoms with E-state index in [1.54, 1.807) is 7.05 Å². The molecule has 21 heavy (non-hydrogen) atoms. The molecule has 5 heteroatoms. The maximum atomic E-state index is 12.3. The number of nitrogens with zero attached hydrogens (tertiary/aromatic N) is 2. The highest BCUT2D eigenvalue weighted by atomic mass is 16.2. The first kappa shape index (κ1) is 18.0. The minimum atomic E-state index is -0.511. The number of amides is 2.